The molecule has 0 aliphatic heterocycles. The summed E-state index contributed by atoms with van der Waals surface area (Å²) in [6.07, 6.45) is 4.90. The smallest absolute Gasteiger partial charge is 0.256 e. The van der Waals surface area contributed by atoms with Crippen LogP contribution in [0, 0.1) is 10.5 Å². The second kappa shape index (κ2) is 7.13. The number of aryl methyl sites for hydroxylation is 1. The van der Waals surface area contributed by atoms with Gasteiger partial charge in [0, 0.05) is 23.3 Å². The predicted molar refractivity (Wildman–Crippen MR) is 125 cm³/mol. The van der Waals surface area contributed by atoms with Crippen LogP contribution in [-0.4, -0.2) is 27.3 Å². The summed E-state index contributed by atoms with van der Waals surface area (Å²) < 4.78 is 28.2. The lowest BCUT2D eigenvalue weighted by Crippen LogP contribution is -2.12. The van der Waals surface area contributed by atoms with Crippen molar-refractivity contribution in [2.75, 3.05) is 0 Å². The maximum absolute atomic E-state index is 13.2. The van der Waals surface area contributed by atoms with Gasteiger partial charge in [0.15, 0.2) is 5.65 Å². The highest BCUT2D eigenvalue weighted by Gasteiger charge is 2.22. The molecule has 0 amide bonds. The summed E-state index contributed by atoms with van der Waals surface area (Å²) in [6.45, 7) is 1.92. The highest BCUT2D eigenvalue weighted by Crippen LogP contribution is 2.28. The third kappa shape index (κ3) is 3.16. The molecular weight excluding hydrogens is 511 g/mol. The average molecular weight is 526 g/mol. The zero-order valence-corrected chi connectivity index (χ0v) is 18.8. The van der Waals surface area contributed by atoms with E-state index >= 15 is 0 Å². The molecule has 0 unspecified atom stereocenters. The van der Waals surface area contributed by atoms with E-state index in [1.54, 1.807) is 42.9 Å². The highest BCUT2D eigenvalue weighted by atomic mass is 127. The standard InChI is InChI=1S/C22H15IN4O2S/c1-14-6-8-17(9-7-14)30(28,29)27-13-18(23)21-22(27)25-12-20(26-21)16-10-15-4-2-3-5-19(15)24-11-16/h2-13H,1H3. The van der Waals surface area contributed by atoms with Crippen LogP contribution in [0.25, 0.3) is 33.3 Å². The highest BCUT2D eigenvalue weighted by molar-refractivity contribution is 14.1. The maximum atomic E-state index is 13.2. The van der Waals surface area contributed by atoms with E-state index in [-0.39, 0.29) is 4.90 Å². The summed E-state index contributed by atoms with van der Waals surface area (Å²) in [7, 11) is -3.77. The van der Waals surface area contributed by atoms with E-state index in [4.69, 9.17) is 4.98 Å². The van der Waals surface area contributed by atoms with Gasteiger partial charge < -0.3 is 0 Å². The van der Waals surface area contributed by atoms with E-state index in [9.17, 15) is 8.42 Å². The largest absolute Gasteiger partial charge is 0.269 e. The van der Waals surface area contributed by atoms with Crippen LogP contribution in [0.2, 0.25) is 0 Å². The molecular formula is C22H15IN4O2S. The van der Waals surface area contributed by atoms with Crippen molar-refractivity contribution < 1.29 is 8.42 Å². The van der Waals surface area contributed by atoms with Gasteiger partial charge in [-0.05, 0) is 53.8 Å². The predicted octanol–water partition coefficient (Wildman–Crippen LogP) is 4.80. The quantitative estimate of drug-likeness (QED) is 0.316. The van der Waals surface area contributed by atoms with Crippen LogP contribution in [0.1, 0.15) is 5.56 Å². The minimum atomic E-state index is -3.77. The van der Waals surface area contributed by atoms with Crippen LogP contribution < -0.4 is 0 Å². The molecule has 5 aromatic rings. The van der Waals surface area contributed by atoms with E-state index in [0.717, 1.165) is 22.0 Å². The molecule has 0 fully saturated rings. The van der Waals surface area contributed by atoms with E-state index in [1.165, 1.54) is 3.97 Å². The van der Waals surface area contributed by atoms with Gasteiger partial charge in [0.05, 0.1) is 25.9 Å². The Hall–Kier alpha value is -2.85. The van der Waals surface area contributed by atoms with Gasteiger partial charge in [0.25, 0.3) is 10.0 Å². The molecule has 0 bridgehead atoms. The molecule has 0 atom stereocenters. The lowest BCUT2D eigenvalue weighted by Gasteiger charge is -2.07. The van der Waals surface area contributed by atoms with E-state index < -0.39 is 10.0 Å². The lowest BCUT2D eigenvalue weighted by atomic mass is 10.1. The van der Waals surface area contributed by atoms with E-state index in [1.807, 2.05) is 37.3 Å². The minimum Gasteiger partial charge on any atom is -0.256 e. The molecule has 0 saturated carbocycles. The topological polar surface area (TPSA) is 77.7 Å². The molecule has 0 aliphatic carbocycles. The Bertz CT molecular complexity index is 1530. The first-order valence-corrected chi connectivity index (χ1v) is 11.7. The zero-order valence-electron chi connectivity index (χ0n) is 15.8. The third-order valence-electron chi connectivity index (χ3n) is 4.88. The molecule has 0 N–H and O–H groups in total. The number of halogens is 1. The van der Waals surface area contributed by atoms with Crippen molar-refractivity contribution in [1.82, 2.24) is 18.9 Å². The van der Waals surface area contributed by atoms with Crippen LogP contribution in [-0.2, 0) is 10.0 Å². The average Bonchev–Trinajstić information content (AvgIpc) is 3.10. The second-order valence-corrected chi connectivity index (χ2v) is 9.91. The summed E-state index contributed by atoms with van der Waals surface area (Å²) in [4.78, 5) is 13.8. The number of fused-ring (bicyclic) bond motifs is 2. The number of para-hydroxylation sites is 1. The zero-order chi connectivity index (χ0) is 20.9. The van der Waals surface area contributed by atoms with Gasteiger partial charge in [-0.2, -0.15) is 0 Å². The molecule has 0 radical (unpaired) electrons. The van der Waals surface area contributed by atoms with Gasteiger partial charge in [0.2, 0.25) is 0 Å². The first-order valence-electron chi connectivity index (χ1n) is 9.14. The van der Waals surface area contributed by atoms with Gasteiger partial charge in [-0.25, -0.2) is 22.4 Å². The Morgan fingerprint density at radius 2 is 1.73 bits per heavy atom. The van der Waals surface area contributed by atoms with Gasteiger partial charge in [-0.1, -0.05) is 35.9 Å². The molecule has 0 spiro atoms. The number of pyridine rings is 1. The van der Waals surface area contributed by atoms with Crippen molar-refractivity contribution in [3.05, 3.63) is 82.3 Å². The molecule has 3 heterocycles. The number of benzene rings is 2. The molecule has 8 heteroatoms. The Morgan fingerprint density at radius 3 is 2.53 bits per heavy atom. The van der Waals surface area contributed by atoms with Gasteiger partial charge in [0.1, 0.15) is 5.52 Å². The first kappa shape index (κ1) is 19.1. The van der Waals surface area contributed by atoms with Gasteiger partial charge in [-0.3, -0.25) is 4.98 Å². The van der Waals surface area contributed by atoms with Crippen molar-refractivity contribution in [3.63, 3.8) is 0 Å². The monoisotopic (exact) mass is 526 g/mol. The summed E-state index contributed by atoms with van der Waals surface area (Å²) in [5.74, 6) is 0. The fourth-order valence-corrected chi connectivity index (χ4v) is 5.43. The third-order valence-corrected chi connectivity index (χ3v) is 7.34. The second-order valence-electron chi connectivity index (χ2n) is 6.94. The molecule has 5 rings (SSSR count). The SMILES string of the molecule is Cc1ccc(S(=O)(=O)n2cc(I)c3nc(-c4cnc5ccccc5c4)cnc32)cc1. The van der Waals surface area contributed by atoms with E-state index in [0.29, 0.717) is 20.4 Å². The Labute approximate surface area is 186 Å². The van der Waals surface area contributed by atoms with Crippen LogP contribution in [0.15, 0.2) is 78.1 Å². The van der Waals surface area contributed by atoms with Crippen molar-refractivity contribution in [1.29, 1.82) is 0 Å². The Kier molecular flexibility index (Phi) is 4.55. The molecule has 30 heavy (non-hydrogen) atoms. The fourth-order valence-electron chi connectivity index (χ4n) is 3.29. The number of aromatic nitrogens is 4. The number of hydrogen-bond donors (Lipinski definition) is 0. The summed E-state index contributed by atoms with van der Waals surface area (Å²) >= 11 is 2.09. The number of rotatable bonds is 3. The van der Waals surface area contributed by atoms with Crippen molar-refractivity contribution in [3.8, 4) is 11.3 Å². The molecule has 6 nitrogen and oxygen atoms in total. The van der Waals surface area contributed by atoms with Crippen LogP contribution in [0.4, 0.5) is 0 Å². The summed E-state index contributed by atoms with van der Waals surface area (Å²) in [6, 6.07) is 16.6. The first-order chi connectivity index (χ1) is 14.4. The lowest BCUT2D eigenvalue weighted by molar-refractivity contribution is 0.588. The van der Waals surface area contributed by atoms with Crippen molar-refractivity contribution in [2.24, 2.45) is 0 Å². The maximum Gasteiger partial charge on any atom is 0.269 e. The summed E-state index contributed by atoms with van der Waals surface area (Å²) in [5, 5.41) is 1.01. The minimum absolute atomic E-state index is 0.214. The van der Waals surface area contributed by atoms with Crippen LogP contribution >= 0.6 is 22.6 Å². The van der Waals surface area contributed by atoms with Crippen LogP contribution in [0.5, 0.6) is 0 Å². The Balaban J connectivity index is 1.64. The molecule has 2 aromatic carbocycles. The van der Waals surface area contributed by atoms with Crippen LogP contribution in [0.3, 0.4) is 0 Å². The van der Waals surface area contributed by atoms with Crippen molar-refractivity contribution in [2.45, 2.75) is 11.8 Å². The molecule has 148 valence electrons. The van der Waals surface area contributed by atoms with E-state index in [2.05, 4.69) is 32.6 Å². The number of nitrogens with zero attached hydrogens (tertiary/aromatic N) is 4. The van der Waals surface area contributed by atoms with Gasteiger partial charge >= 0.3 is 0 Å². The molecule has 0 saturated heterocycles. The molecule has 3 aromatic heterocycles. The van der Waals surface area contributed by atoms with Crippen molar-refractivity contribution >= 4 is 54.7 Å². The number of hydrogen-bond acceptors (Lipinski definition) is 5. The normalized spacial score (nSPS) is 11.9. The van der Waals surface area contributed by atoms with Gasteiger partial charge in [-0.15, -0.1) is 0 Å². The Morgan fingerprint density at radius 1 is 0.967 bits per heavy atom. The fraction of sp³-hybridized carbons (Fsp3) is 0.0455. The molecule has 0 aliphatic rings. The summed E-state index contributed by atoms with van der Waals surface area (Å²) in [5.41, 5.74) is 4.21.